The number of anilines is 1. The molecule has 34 heavy (non-hydrogen) atoms. The molecule has 0 saturated carbocycles. The van der Waals surface area contributed by atoms with E-state index < -0.39 is 23.7 Å². The van der Waals surface area contributed by atoms with Gasteiger partial charge in [0.1, 0.15) is 0 Å². The Morgan fingerprint density at radius 3 is 2.41 bits per heavy atom. The second-order valence-electron chi connectivity index (χ2n) is 7.11. The van der Waals surface area contributed by atoms with E-state index in [-0.39, 0.29) is 28.4 Å². The molecule has 9 nitrogen and oxygen atoms in total. The quantitative estimate of drug-likeness (QED) is 0.440. The third-order valence-corrected chi connectivity index (χ3v) is 5.12. The molecule has 0 aliphatic rings. The zero-order valence-electron chi connectivity index (χ0n) is 17.8. The summed E-state index contributed by atoms with van der Waals surface area (Å²) in [5.74, 6) is -1.36. The topological polar surface area (TPSA) is 106 Å². The normalized spacial score (nSPS) is 11.6. The Bertz CT molecular complexity index is 1390. The number of nitrogens with zero attached hydrogens (tertiary/aromatic N) is 5. The SMILES string of the molecule is CCn1cc(NC(=O)c2cc3nc(-c4ccc(Cl)cc4)cc(C(F)(F)F)n3n2)c(C(=O)NC)n1. The molecule has 0 aliphatic carbocycles. The summed E-state index contributed by atoms with van der Waals surface area (Å²) in [5, 5.41) is 13.2. The molecule has 176 valence electrons. The van der Waals surface area contributed by atoms with E-state index in [0.717, 1.165) is 12.1 Å². The smallest absolute Gasteiger partial charge is 0.354 e. The summed E-state index contributed by atoms with van der Waals surface area (Å²) in [6.07, 6.45) is -3.33. The summed E-state index contributed by atoms with van der Waals surface area (Å²) >= 11 is 5.86. The van der Waals surface area contributed by atoms with E-state index in [9.17, 15) is 22.8 Å². The van der Waals surface area contributed by atoms with Gasteiger partial charge in [-0.05, 0) is 25.1 Å². The van der Waals surface area contributed by atoms with Gasteiger partial charge < -0.3 is 10.6 Å². The van der Waals surface area contributed by atoms with Crippen LogP contribution in [0, 0.1) is 0 Å². The molecule has 2 N–H and O–H groups in total. The lowest BCUT2D eigenvalue weighted by molar-refractivity contribution is -0.142. The van der Waals surface area contributed by atoms with E-state index in [1.54, 1.807) is 6.92 Å². The molecule has 0 spiro atoms. The van der Waals surface area contributed by atoms with Crippen LogP contribution in [0.15, 0.2) is 42.6 Å². The number of aromatic nitrogens is 5. The maximum atomic E-state index is 13.8. The number of nitrogens with one attached hydrogen (secondary N) is 2. The molecular weight excluding hydrogens is 475 g/mol. The van der Waals surface area contributed by atoms with Crippen LogP contribution in [0.25, 0.3) is 16.9 Å². The van der Waals surface area contributed by atoms with Gasteiger partial charge in [-0.1, -0.05) is 23.7 Å². The first kappa shape index (κ1) is 23.2. The van der Waals surface area contributed by atoms with E-state index in [2.05, 4.69) is 25.8 Å². The molecule has 4 aromatic rings. The van der Waals surface area contributed by atoms with Gasteiger partial charge >= 0.3 is 6.18 Å². The number of benzene rings is 1. The number of aryl methyl sites for hydroxylation is 1. The maximum Gasteiger partial charge on any atom is 0.433 e. The Morgan fingerprint density at radius 2 is 1.79 bits per heavy atom. The van der Waals surface area contributed by atoms with E-state index in [0.29, 0.717) is 21.6 Å². The van der Waals surface area contributed by atoms with Gasteiger partial charge in [-0.15, -0.1) is 0 Å². The predicted molar refractivity (Wildman–Crippen MR) is 118 cm³/mol. The van der Waals surface area contributed by atoms with Crippen molar-refractivity contribution in [3.63, 3.8) is 0 Å². The summed E-state index contributed by atoms with van der Waals surface area (Å²) in [4.78, 5) is 29.1. The van der Waals surface area contributed by atoms with Crippen molar-refractivity contribution < 1.29 is 22.8 Å². The van der Waals surface area contributed by atoms with Crippen molar-refractivity contribution in [2.24, 2.45) is 0 Å². The number of amides is 2. The fraction of sp³-hybridized carbons (Fsp3) is 0.190. The highest BCUT2D eigenvalue weighted by molar-refractivity contribution is 6.30. The molecule has 2 amide bonds. The second-order valence-corrected chi connectivity index (χ2v) is 7.55. The lowest BCUT2D eigenvalue weighted by Gasteiger charge is -2.11. The van der Waals surface area contributed by atoms with Crippen LogP contribution in [-0.2, 0) is 12.7 Å². The lowest BCUT2D eigenvalue weighted by Crippen LogP contribution is -2.22. The highest BCUT2D eigenvalue weighted by atomic mass is 35.5. The minimum atomic E-state index is -4.77. The first-order valence-electron chi connectivity index (χ1n) is 9.95. The predicted octanol–water partition coefficient (Wildman–Crippen LogP) is 3.90. The fourth-order valence-corrected chi connectivity index (χ4v) is 3.33. The molecule has 0 radical (unpaired) electrons. The molecule has 0 aliphatic heterocycles. The molecular formula is C21H17ClF3N7O2. The van der Waals surface area contributed by atoms with Gasteiger partial charge in [0.2, 0.25) is 0 Å². The minimum Gasteiger partial charge on any atom is -0.354 e. The molecule has 0 atom stereocenters. The first-order chi connectivity index (χ1) is 16.1. The number of fused-ring (bicyclic) bond motifs is 1. The second kappa shape index (κ2) is 8.78. The molecule has 0 fully saturated rings. The minimum absolute atomic E-state index is 0.0366. The highest BCUT2D eigenvalue weighted by Crippen LogP contribution is 2.32. The van der Waals surface area contributed by atoms with Crippen molar-refractivity contribution in [1.29, 1.82) is 0 Å². The number of rotatable bonds is 5. The molecule has 4 rings (SSSR count). The number of hydrogen-bond acceptors (Lipinski definition) is 5. The van der Waals surface area contributed by atoms with Gasteiger partial charge in [-0.3, -0.25) is 14.3 Å². The van der Waals surface area contributed by atoms with Crippen LogP contribution in [-0.4, -0.2) is 43.2 Å². The van der Waals surface area contributed by atoms with Crippen molar-refractivity contribution in [2.75, 3.05) is 12.4 Å². The van der Waals surface area contributed by atoms with Gasteiger partial charge in [0.15, 0.2) is 22.7 Å². The Hall–Kier alpha value is -3.93. The van der Waals surface area contributed by atoms with Crippen LogP contribution >= 0.6 is 11.6 Å². The summed E-state index contributed by atoms with van der Waals surface area (Å²) in [5.41, 5.74) is -1.11. The highest BCUT2D eigenvalue weighted by Gasteiger charge is 2.35. The van der Waals surface area contributed by atoms with Crippen molar-refractivity contribution in [1.82, 2.24) is 29.7 Å². The Morgan fingerprint density at radius 1 is 1.09 bits per heavy atom. The average Bonchev–Trinajstić information content (AvgIpc) is 3.41. The third kappa shape index (κ3) is 4.44. The zero-order valence-corrected chi connectivity index (χ0v) is 18.6. The zero-order chi connectivity index (χ0) is 24.6. The number of carbonyl (C=O) groups is 2. The molecule has 0 unspecified atom stereocenters. The molecule has 13 heteroatoms. The first-order valence-corrected chi connectivity index (χ1v) is 10.3. The van der Waals surface area contributed by atoms with Crippen molar-refractivity contribution in [3.8, 4) is 11.3 Å². The van der Waals surface area contributed by atoms with E-state index >= 15 is 0 Å². The van der Waals surface area contributed by atoms with Crippen molar-refractivity contribution in [2.45, 2.75) is 19.6 Å². The molecule has 3 heterocycles. The molecule has 0 saturated heterocycles. The van der Waals surface area contributed by atoms with Crippen LogP contribution in [0.2, 0.25) is 5.02 Å². The van der Waals surface area contributed by atoms with Crippen LogP contribution < -0.4 is 10.6 Å². The number of carbonyl (C=O) groups excluding carboxylic acids is 2. The monoisotopic (exact) mass is 491 g/mol. The Kier molecular flexibility index (Phi) is 6.00. The maximum absolute atomic E-state index is 13.8. The van der Waals surface area contributed by atoms with E-state index in [1.807, 2.05) is 0 Å². The number of alkyl halides is 3. The van der Waals surface area contributed by atoms with Crippen molar-refractivity contribution in [3.05, 3.63) is 64.7 Å². The summed E-state index contributed by atoms with van der Waals surface area (Å²) in [6, 6.07) is 8.12. The van der Waals surface area contributed by atoms with Crippen LogP contribution in [0.5, 0.6) is 0 Å². The fourth-order valence-electron chi connectivity index (χ4n) is 3.20. The van der Waals surface area contributed by atoms with Gasteiger partial charge in [-0.2, -0.15) is 23.4 Å². The molecule has 0 bridgehead atoms. The van der Waals surface area contributed by atoms with Gasteiger partial charge in [0.05, 0.1) is 11.4 Å². The van der Waals surface area contributed by atoms with E-state index in [1.165, 1.54) is 42.2 Å². The average molecular weight is 492 g/mol. The van der Waals surface area contributed by atoms with Gasteiger partial charge in [-0.25, -0.2) is 9.50 Å². The number of halogens is 4. The lowest BCUT2D eigenvalue weighted by atomic mass is 10.1. The molecule has 3 aromatic heterocycles. The largest absolute Gasteiger partial charge is 0.433 e. The Balaban J connectivity index is 1.76. The third-order valence-electron chi connectivity index (χ3n) is 4.87. The molecule has 1 aromatic carbocycles. The van der Waals surface area contributed by atoms with Crippen LogP contribution in [0.3, 0.4) is 0 Å². The van der Waals surface area contributed by atoms with E-state index in [4.69, 9.17) is 11.6 Å². The van der Waals surface area contributed by atoms with Crippen LogP contribution in [0.1, 0.15) is 33.6 Å². The standard InChI is InChI=1S/C21H17ClF3N7O2/c1-3-31-10-15(18(30-31)20(34)26-2)28-19(33)14-9-17-27-13(11-4-6-12(22)7-5-11)8-16(21(23,24)25)32(17)29-14/h4-10H,3H2,1-2H3,(H,26,34)(H,28,33). The Labute approximate surface area is 195 Å². The summed E-state index contributed by atoms with van der Waals surface area (Å²) in [6.45, 7) is 2.22. The number of hydrogen-bond donors (Lipinski definition) is 2. The van der Waals surface area contributed by atoms with Crippen molar-refractivity contribution >= 4 is 34.7 Å². The summed E-state index contributed by atoms with van der Waals surface area (Å²) < 4.78 is 43.4. The van der Waals surface area contributed by atoms with Gasteiger partial charge in [0, 0.05) is 36.4 Å². The van der Waals surface area contributed by atoms with Gasteiger partial charge in [0.25, 0.3) is 11.8 Å². The van der Waals surface area contributed by atoms with Crippen LogP contribution in [0.4, 0.5) is 18.9 Å². The summed E-state index contributed by atoms with van der Waals surface area (Å²) in [7, 11) is 1.41.